The highest BCUT2D eigenvalue weighted by molar-refractivity contribution is 7.80. The zero-order valence-electron chi connectivity index (χ0n) is 12.5. The third-order valence-electron chi connectivity index (χ3n) is 2.93. The van der Waals surface area contributed by atoms with Gasteiger partial charge in [0.15, 0.2) is 5.11 Å². The Hall–Kier alpha value is -2.84. The molecule has 0 unspecified atom stereocenters. The Morgan fingerprint density at radius 2 is 1.92 bits per heavy atom. The minimum atomic E-state index is -0.962. The van der Waals surface area contributed by atoms with Crippen LogP contribution in [0.25, 0.3) is 6.08 Å². The summed E-state index contributed by atoms with van der Waals surface area (Å²) in [6.45, 7) is 0. The normalized spacial score (nSPS) is 10.5. The Balaban J connectivity index is 1.95. The molecule has 0 fully saturated rings. The molecule has 2 aromatic rings. The van der Waals surface area contributed by atoms with Crippen LogP contribution in [0, 0.1) is 15.9 Å². The predicted molar refractivity (Wildman–Crippen MR) is 97.9 cm³/mol. The molecule has 0 bridgehead atoms. The van der Waals surface area contributed by atoms with Crippen molar-refractivity contribution < 1.29 is 14.1 Å². The van der Waals surface area contributed by atoms with Gasteiger partial charge in [0.05, 0.1) is 4.92 Å². The molecule has 0 saturated carbocycles. The second-order valence-electron chi connectivity index (χ2n) is 4.75. The summed E-state index contributed by atoms with van der Waals surface area (Å²) in [5, 5.41) is 16.2. The first kappa shape index (κ1) is 18.5. The molecule has 0 aliphatic carbocycles. The molecule has 0 saturated heterocycles. The van der Waals surface area contributed by atoms with Crippen LogP contribution in [0.5, 0.6) is 0 Å². The minimum Gasteiger partial charge on any atom is -0.332 e. The highest BCUT2D eigenvalue weighted by Crippen LogP contribution is 2.21. The van der Waals surface area contributed by atoms with Crippen LogP contribution in [0.1, 0.15) is 5.56 Å². The summed E-state index contributed by atoms with van der Waals surface area (Å²) < 4.78 is 13.3. The Morgan fingerprint density at radius 1 is 1.24 bits per heavy atom. The number of benzene rings is 2. The fourth-order valence-corrected chi connectivity index (χ4v) is 2.14. The number of nitro groups is 1. The number of anilines is 1. The van der Waals surface area contributed by atoms with E-state index in [1.165, 1.54) is 12.1 Å². The van der Waals surface area contributed by atoms with Crippen molar-refractivity contribution in [2.24, 2.45) is 0 Å². The quantitative estimate of drug-likeness (QED) is 0.364. The third kappa shape index (κ3) is 5.63. The number of nitrogens with one attached hydrogen (secondary N) is 2. The van der Waals surface area contributed by atoms with Crippen LogP contribution in [-0.4, -0.2) is 15.9 Å². The van der Waals surface area contributed by atoms with E-state index in [9.17, 15) is 19.3 Å². The molecule has 9 heteroatoms. The van der Waals surface area contributed by atoms with E-state index in [1.54, 1.807) is 30.3 Å². The SMILES string of the molecule is O=C(/C=C/c1ccc(Cl)cc1)NC(=S)Nc1ccc(F)c([N+](=O)[O-])c1. The lowest BCUT2D eigenvalue weighted by atomic mass is 10.2. The molecular weight excluding hydrogens is 369 g/mol. The standard InChI is InChI=1S/C16H11ClFN3O3S/c17-11-4-1-10(2-5-11)3-8-15(22)20-16(25)19-12-6-7-13(18)14(9-12)21(23)24/h1-9H,(H2,19,20,22,25)/b8-3+. The lowest BCUT2D eigenvalue weighted by Crippen LogP contribution is -2.32. The Bertz CT molecular complexity index is 856. The molecule has 0 heterocycles. The minimum absolute atomic E-state index is 0.0772. The predicted octanol–water partition coefficient (Wildman–Crippen LogP) is 3.91. The Morgan fingerprint density at radius 3 is 2.56 bits per heavy atom. The van der Waals surface area contributed by atoms with Crippen LogP contribution < -0.4 is 10.6 Å². The summed E-state index contributed by atoms with van der Waals surface area (Å²) in [5.41, 5.74) is 0.259. The second kappa shape index (κ2) is 8.32. The van der Waals surface area contributed by atoms with Crippen molar-refractivity contribution in [1.29, 1.82) is 0 Å². The smallest absolute Gasteiger partial charge is 0.306 e. The van der Waals surface area contributed by atoms with Crippen molar-refractivity contribution in [3.05, 3.63) is 75.1 Å². The van der Waals surface area contributed by atoms with E-state index in [1.807, 2.05) is 0 Å². The lowest BCUT2D eigenvalue weighted by Gasteiger charge is -2.08. The first-order valence-electron chi connectivity index (χ1n) is 6.85. The number of halogens is 2. The maximum Gasteiger partial charge on any atom is 0.306 e. The number of amides is 1. The van der Waals surface area contributed by atoms with Gasteiger partial charge in [0.25, 0.3) is 0 Å². The van der Waals surface area contributed by atoms with Crippen LogP contribution in [0.15, 0.2) is 48.5 Å². The number of hydrogen-bond acceptors (Lipinski definition) is 4. The molecule has 1 amide bonds. The molecule has 0 radical (unpaired) electrons. The maximum absolute atomic E-state index is 13.3. The van der Waals surface area contributed by atoms with Crippen molar-refractivity contribution >= 4 is 52.3 Å². The Kier molecular flexibility index (Phi) is 6.15. The highest BCUT2D eigenvalue weighted by atomic mass is 35.5. The monoisotopic (exact) mass is 379 g/mol. The van der Waals surface area contributed by atoms with Gasteiger partial charge in [-0.3, -0.25) is 20.2 Å². The molecule has 0 aromatic heterocycles. The molecule has 0 aliphatic heterocycles. The fraction of sp³-hybridized carbons (Fsp3) is 0. The summed E-state index contributed by atoms with van der Waals surface area (Å²) in [7, 11) is 0. The van der Waals surface area contributed by atoms with Crippen LogP contribution in [0.3, 0.4) is 0 Å². The van der Waals surface area contributed by atoms with Crippen LogP contribution in [0.2, 0.25) is 5.02 Å². The van der Waals surface area contributed by atoms with Gasteiger partial charge in [-0.2, -0.15) is 4.39 Å². The van der Waals surface area contributed by atoms with Crippen LogP contribution in [-0.2, 0) is 4.79 Å². The van der Waals surface area contributed by atoms with Gasteiger partial charge in [-0.15, -0.1) is 0 Å². The van der Waals surface area contributed by atoms with Gasteiger partial charge >= 0.3 is 5.69 Å². The molecular formula is C16H11ClFN3O3S. The van der Waals surface area contributed by atoms with Crippen LogP contribution >= 0.6 is 23.8 Å². The molecule has 2 aromatic carbocycles. The number of thiocarbonyl (C=S) groups is 1. The van der Waals surface area contributed by atoms with E-state index in [0.717, 1.165) is 17.7 Å². The summed E-state index contributed by atoms with van der Waals surface area (Å²) in [6, 6.07) is 10.0. The van der Waals surface area contributed by atoms with Gasteiger partial charge in [-0.25, -0.2) is 0 Å². The van der Waals surface area contributed by atoms with Gasteiger partial charge in [-0.05, 0) is 48.1 Å². The number of nitrogens with zero attached hydrogens (tertiary/aromatic N) is 1. The van der Waals surface area contributed by atoms with E-state index in [4.69, 9.17) is 23.8 Å². The molecule has 2 rings (SSSR count). The summed E-state index contributed by atoms with van der Waals surface area (Å²) >= 11 is 10.7. The topological polar surface area (TPSA) is 84.3 Å². The zero-order valence-corrected chi connectivity index (χ0v) is 14.1. The highest BCUT2D eigenvalue weighted by Gasteiger charge is 2.14. The Labute approximate surface area is 152 Å². The summed E-state index contributed by atoms with van der Waals surface area (Å²) in [4.78, 5) is 21.6. The van der Waals surface area contributed by atoms with Gasteiger partial charge in [0.1, 0.15) is 0 Å². The molecule has 2 N–H and O–H groups in total. The van der Waals surface area contributed by atoms with Crippen molar-refractivity contribution in [3.8, 4) is 0 Å². The van der Waals surface area contributed by atoms with Gasteiger partial charge < -0.3 is 5.32 Å². The molecule has 0 atom stereocenters. The first-order valence-corrected chi connectivity index (χ1v) is 7.63. The largest absolute Gasteiger partial charge is 0.332 e. The molecule has 0 aliphatic rings. The number of carbonyl (C=O) groups is 1. The summed E-state index contributed by atoms with van der Waals surface area (Å²) in [5.74, 6) is -1.46. The lowest BCUT2D eigenvalue weighted by molar-refractivity contribution is -0.387. The maximum atomic E-state index is 13.3. The van der Waals surface area contributed by atoms with Crippen molar-refractivity contribution in [2.75, 3.05) is 5.32 Å². The van der Waals surface area contributed by atoms with Crippen molar-refractivity contribution in [1.82, 2.24) is 5.32 Å². The fourth-order valence-electron chi connectivity index (χ4n) is 1.79. The third-order valence-corrected chi connectivity index (χ3v) is 3.39. The zero-order chi connectivity index (χ0) is 18.4. The molecule has 128 valence electrons. The van der Waals surface area contributed by atoms with E-state index in [0.29, 0.717) is 5.02 Å². The first-order chi connectivity index (χ1) is 11.8. The van der Waals surface area contributed by atoms with E-state index >= 15 is 0 Å². The summed E-state index contributed by atoms with van der Waals surface area (Å²) in [6.07, 6.45) is 2.83. The van der Waals surface area contributed by atoms with Crippen LogP contribution in [0.4, 0.5) is 15.8 Å². The molecule has 0 spiro atoms. The number of hydrogen-bond donors (Lipinski definition) is 2. The average molecular weight is 380 g/mol. The van der Waals surface area contributed by atoms with Gasteiger partial charge in [0, 0.05) is 22.9 Å². The second-order valence-corrected chi connectivity index (χ2v) is 5.60. The number of nitro benzene ring substituents is 1. The number of rotatable bonds is 4. The van der Waals surface area contributed by atoms with Gasteiger partial charge in [0.2, 0.25) is 11.7 Å². The van der Waals surface area contributed by atoms with E-state index < -0.39 is 22.3 Å². The molecule has 6 nitrogen and oxygen atoms in total. The van der Waals surface area contributed by atoms with Crippen molar-refractivity contribution in [2.45, 2.75) is 0 Å². The van der Waals surface area contributed by atoms with Gasteiger partial charge in [-0.1, -0.05) is 23.7 Å². The van der Waals surface area contributed by atoms with Crippen molar-refractivity contribution in [3.63, 3.8) is 0 Å². The average Bonchev–Trinajstić information content (AvgIpc) is 2.55. The molecule has 25 heavy (non-hydrogen) atoms. The van der Waals surface area contributed by atoms with E-state index in [-0.39, 0.29) is 10.8 Å². The van der Waals surface area contributed by atoms with E-state index in [2.05, 4.69) is 10.6 Å². The number of carbonyl (C=O) groups excluding carboxylic acids is 1.